The highest BCUT2D eigenvalue weighted by molar-refractivity contribution is 9.10. The number of rotatable bonds is 5. The summed E-state index contributed by atoms with van der Waals surface area (Å²) in [6, 6.07) is 7.89. The number of methoxy groups -OCH3 is 1. The van der Waals surface area contributed by atoms with Crippen LogP contribution in [0.1, 0.15) is 19.4 Å². The van der Waals surface area contributed by atoms with E-state index in [-0.39, 0.29) is 5.97 Å². The maximum atomic E-state index is 11.4. The summed E-state index contributed by atoms with van der Waals surface area (Å²) in [5.41, 5.74) is 0.459. The lowest BCUT2D eigenvalue weighted by Crippen LogP contribution is -2.30. The van der Waals surface area contributed by atoms with Crippen molar-refractivity contribution in [1.82, 2.24) is 0 Å². The normalized spacial score (nSPS) is 11.3. The Balaban J connectivity index is 2.45. The third-order valence-corrected chi connectivity index (χ3v) is 2.85. The van der Waals surface area contributed by atoms with E-state index in [0.29, 0.717) is 13.2 Å². The number of carbonyl (C=O) groups excluding carboxylic acids is 1. The molecule has 4 heteroatoms. The number of hydrogen-bond donors (Lipinski definition) is 0. The Morgan fingerprint density at radius 3 is 2.71 bits per heavy atom. The number of benzene rings is 1. The predicted molar refractivity (Wildman–Crippen MR) is 69.6 cm³/mol. The molecule has 0 aromatic heterocycles. The fraction of sp³-hybridized carbons (Fsp3) is 0.462. The number of carbonyl (C=O) groups is 1. The van der Waals surface area contributed by atoms with Crippen molar-refractivity contribution < 1.29 is 14.3 Å². The predicted octanol–water partition coefficient (Wildman–Crippen LogP) is 3.16. The van der Waals surface area contributed by atoms with Crippen molar-refractivity contribution >= 4 is 21.9 Å². The first-order chi connectivity index (χ1) is 7.95. The molecule has 17 heavy (non-hydrogen) atoms. The molecule has 0 amide bonds. The molecule has 0 N–H and O–H groups in total. The molecule has 0 bridgehead atoms. The van der Waals surface area contributed by atoms with E-state index in [1.54, 1.807) is 13.8 Å². The van der Waals surface area contributed by atoms with Gasteiger partial charge in [-0.05, 0) is 31.5 Å². The molecule has 0 unspecified atom stereocenters. The van der Waals surface area contributed by atoms with Gasteiger partial charge in [0.15, 0.2) is 0 Å². The largest absolute Gasteiger partial charge is 0.469 e. The fourth-order valence-corrected chi connectivity index (χ4v) is 1.83. The van der Waals surface area contributed by atoms with Crippen molar-refractivity contribution in [3.05, 3.63) is 34.3 Å². The Labute approximate surface area is 110 Å². The maximum absolute atomic E-state index is 11.4. The van der Waals surface area contributed by atoms with Crippen LogP contribution in [-0.2, 0) is 20.9 Å². The van der Waals surface area contributed by atoms with Crippen molar-refractivity contribution in [1.29, 1.82) is 0 Å². The van der Waals surface area contributed by atoms with Gasteiger partial charge in [-0.1, -0.05) is 28.1 Å². The monoisotopic (exact) mass is 300 g/mol. The molecule has 0 spiro atoms. The molecular formula is C13H17BrO3. The van der Waals surface area contributed by atoms with Gasteiger partial charge in [-0.15, -0.1) is 0 Å². The minimum atomic E-state index is -0.610. The van der Waals surface area contributed by atoms with Crippen molar-refractivity contribution in [2.75, 3.05) is 13.7 Å². The number of hydrogen-bond acceptors (Lipinski definition) is 3. The summed E-state index contributed by atoms with van der Waals surface area (Å²) < 4.78 is 11.3. The highest BCUT2D eigenvalue weighted by Crippen LogP contribution is 2.19. The third kappa shape index (κ3) is 4.48. The molecule has 1 aromatic rings. The van der Waals surface area contributed by atoms with E-state index in [2.05, 4.69) is 15.9 Å². The summed E-state index contributed by atoms with van der Waals surface area (Å²) in [5.74, 6) is -0.258. The Kier molecular flexibility index (Phi) is 5.15. The number of esters is 1. The highest BCUT2D eigenvalue weighted by atomic mass is 79.9. The fourth-order valence-electron chi connectivity index (χ4n) is 1.39. The molecule has 94 valence electrons. The van der Waals surface area contributed by atoms with E-state index in [9.17, 15) is 4.79 Å². The second-order valence-corrected chi connectivity index (χ2v) is 5.41. The first kappa shape index (κ1) is 14.2. The molecule has 0 saturated heterocycles. The summed E-state index contributed by atoms with van der Waals surface area (Å²) in [5, 5.41) is 0. The van der Waals surface area contributed by atoms with E-state index >= 15 is 0 Å². The lowest BCUT2D eigenvalue weighted by molar-refractivity contribution is -0.154. The van der Waals surface area contributed by atoms with Crippen molar-refractivity contribution in [3.8, 4) is 0 Å². The van der Waals surface area contributed by atoms with Crippen LogP contribution in [-0.4, -0.2) is 19.7 Å². The van der Waals surface area contributed by atoms with E-state index in [4.69, 9.17) is 9.47 Å². The average Bonchev–Trinajstić information content (AvgIpc) is 2.27. The average molecular weight is 301 g/mol. The third-order valence-electron chi connectivity index (χ3n) is 2.36. The SMILES string of the molecule is COC(=O)C(C)(C)COCc1cccc(Br)c1. The molecule has 3 nitrogen and oxygen atoms in total. The molecular weight excluding hydrogens is 284 g/mol. The molecule has 0 aliphatic carbocycles. The van der Waals surface area contributed by atoms with E-state index in [1.807, 2.05) is 24.3 Å². The standard InChI is InChI=1S/C13H17BrO3/c1-13(2,12(15)16-3)9-17-8-10-5-4-6-11(14)7-10/h4-7H,8-9H2,1-3H3. The van der Waals surface area contributed by atoms with Crippen LogP contribution in [0.15, 0.2) is 28.7 Å². The van der Waals surface area contributed by atoms with Crippen LogP contribution < -0.4 is 0 Å². The number of halogens is 1. The van der Waals surface area contributed by atoms with Crippen LogP contribution in [0.25, 0.3) is 0 Å². The second-order valence-electron chi connectivity index (χ2n) is 4.50. The zero-order valence-electron chi connectivity index (χ0n) is 10.3. The summed E-state index contributed by atoms with van der Waals surface area (Å²) in [6.45, 7) is 4.44. The van der Waals surface area contributed by atoms with Gasteiger partial charge in [0.25, 0.3) is 0 Å². The van der Waals surface area contributed by atoms with Gasteiger partial charge in [-0.25, -0.2) is 0 Å². The maximum Gasteiger partial charge on any atom is 0.313 e. The topological polar surface area (TPSA) is 35.5 Å². The molecule has 0 aliphatic heterocycles. The van der Waals surface area contributed by atoms with Crippen LogP contribution in [0, 0.1) is 5.41 Å². The van der Waals surface area contributed by atoms with Gasteiger partial charge in [0.1, 0.15) is 0 Å². The summed E-state index contributed by atoms with van der Waals surface area (Å²) in [7, 11) is 1.39. The highest BCUT2D eigenvalue weighted by Gasteiger charge is 2.28. The molecule has 0 atom stereocenters. The lowest BCUT2D eigenvalue weighted by atomic mass is 9.95. The van der Waals surface area contributed by atoms with Gasteiger partial charge < -0.3 is 9.47 Å². The molecule has 0 aliphatic rings. The molecule has 0 saturated carbocycles. The lowest BCUT2D eigenvalue weighted by Gasteiger charge is -2.21. The van der Waals surface area contributed by atoms with Crippen LogP contribution in [0.5, 0.6) is 0 Å². The van der Waals surface area contributed by atoms with Gasteiger partial charge in [0, 0.05) is 4.47 Å². The van der Waals surface area contributed by atoms with Crippen molar-refractivity contribution in [3.63, 3.8) is 0 Å². The summed E-state index contributed by atoms with van der Waals surface area (Å²) in [4.78, 5) is 11.4. The first-order valence-electron chi connectivity index (χ1n) is 5.36. The molecule has 0 fully saturated rings. The Morgan fingerprint density at radius 1 is 1.41 bits per heavy atom. The van der Waals surface area contributed by atoms with Gasteiger partial charge in [0.05, 0.1) is 25.7 Å². The van der Waals surface area contributed by atoms with Crippen LogP contribution >= 0.6 is 15.9 Å². The van der Waals surface area contributed by atoms with Gasteiger partial charge in [-0.3, -0.25) is 4.79 Å². The van der Waals surface area contributed by atoms with Crippen LogP contribution in [0.3, 0.4) is 0 Å². The number of ether oxygens (including phenoxy) is 2. The second kappa shape index (κ2) is 6.17. The van der Waals surface area contributed by atoms with Gasteiger partial charge in [-0.2, -0.15) is 0 Å². The molecule has 1 aromatic carbocycles. The Hall–Kier alpha value is -0.870. The molecule has 0 heterocycles. The van der Waals surface area contributed by atoms with Crippen molar-refractivity contribution in [2.24, 2.45) is 5.41 Å². The summed E-state index contributed by atoms with van der Waals surface area (Å²) >= 11 is 3.40. The summed E-state index contributed by atoms with van der Waals surface area (Å²) in [6.07, 6.45) is 0. The molecule has 1 rings (SSSR count). The van der Waals surface area contributed by atoms with Gasteiger partial charge in [0.2, 0.25) is 0 Å². The minimum Gasteiger partial charge on any atom is -0.469 e. The Morgan fingerprint density at radius 2 is 2.12 bits per heavy atom. The van der Waals surface area contributed by atoms with E-state index < -0.39 is 5.41 Å². The molecule has 0 radical (unpaired) electrons. The van der Waals surface area contributed by atoms with E-state index in [1.165, 1.54) is 7.11 Å². The smallest absolute Gasteiger partial charge is 0.313 e. The van der Waals surface area contributed by atoms with Crippen LogP contribution in [0.2, 0.25) is 0 Å². The van der Waals surface area contributed by atoms with Crippen LogP contribution in [0.4, 0.5) is 0 Å². The minimum absolute atomic E-state index is 0.258. The zero-order chi connectivity index (χ0) is 12.9. The zero-order valence-corrected chi connectivity index (χ0v) is 11.9. The Bertz CT molecular complexity index is 388. The first-order valence-corrected chi connectivity index (χ1v) is 6.15. The van der Waals surface area contributed by atoms with Crippen molar-refractivity contribution in [2.45, 2.75) is 20.5 Å². The van der Waals surface area contributed by atoms with Gasteiger partial charge >= 0.3 is 5.97 Å². The quantitative estimate of drug-likeness (QED) is 0.784. The van der Waals surface area contributed by atoms with E-state index in [0.717, 1.165) is 10.0 Å².